The Morgan fingerprint density at radius 2 is 1.82 bits per heavy atom. The summed E-state index contributed by atoms with van der Waals surface area (Å²) in [6.07, 6.45) is 0. The number of nitrogens with zero attached hydrogens (tertiary/aromatic N) is 2. The predicted molar refractivity (Wildman–Crippen MR) is 59.1 cm³/mol. The fourth-order valence-electron chi connectivity index (χ4n) is 1.80. The van der Waals surface area contributed by atoms with Crippen LogP contribution in [0.25, 0.3) is 21.8 Å². The van der Waals surface area contributed by atoms with Crippen molar-refractivity contribution >= 4 is 31.9 Å². The summed E-state index contributed by atoms with van der Waals surface area (Å²) in [5.74, 6) is 0. The summed E-state index contributed by atoms with van der Waals surface area (Å²) >= 11 is 0. The van der Waals surface area contributed by atoms with Gasteiger partial charge in [0.25, 0.3) is 10.1 Å². The van der Waals surface area contributed by atoms with Crippen LogP contribution in [-0.4, -0.2) is 23.3 Å². The molecular formula is C10H6N2O4S. The average Bonchev–Trinajstić information content (AvgIpc) is 2.74. The lowest BCUT2D eigenvalue weighted by atomic mass is 10.1. The molecule has 0 aliphatic heterocycles. The highest BCUT2D eigenvalue weighted by Crippen LogP contribution is 2.29. The molecule has 3 rings (SSSR count). The van der Waals surface area contributed by atoms with E-state index in [4.69, 9.17) is 0 Å². The Morgan fingerprint density at radius 1 is 1.12 bits per heavy atom. The van der Waals surface area contributed by atoms with E-state index in [1.807, 2.05) is 0 Å². The maximum atomic E-state index is 11.3. The third-order valence-electron chi connectivity index (χ3n) is 2.51. The highest BCUT2D eigenvalue weighted by molar-refractivity contribution is 7.86. The van der Waals surface area contributed by atoms with Crippen molar-refractivity contribution in [2.45, 2.75) is 4.90 Å². The minimum absolute atomic E-state index is 0.198. The standard InChI is InChI=1S/C10H6N2O4S/c13-17(14,15)9-5-8-10(12-16-11-8)7-4-2-1-3-6(7)9/h1-5H,(H,13,14,15). The number of rotatable bonds is 1. The molecule has 1 aromatic heterocycles. The lowest BCUT2D eigenvalue weighted by Gasteiger charge is -2.02. The molecule has 86 valence electrons. The van der Waals surface area contributed by atoms with E-state index in [-0.39, 0.29) is 10.4 Å². The second-order valence-corrected chi connectivity index (χ2v) is 4.92. The van der Waals surface area contributed by atoms with Gasteiger partial charge in [0.1, 0.15) is 15.9 Å². The fraction of sp³-hybridized carbons (Fsp3) is 0. The summed E-state index contributed by atoms with van der Waals surface area (Å²) in [7, 11) is -4.31. The van der Waals surface area contributed by atoms with Crippen molar-refractivity contribution in [3.8, 4) is 0 Å². The molecule has 1 N–H and O–H groups in total. The lowest BCUT2D eigenvalue weighted by Crippen LogP contribution is -1.99. The van der Waals surface area contributed by atoms with Crippen LogP contribution < -0.4 is 0 Å². The smallest absolute Gasteiger partial charge is 0.282 e. The second-order valence-electron chi connectivity index (χ2n) is 3.53. The first-order valence-corrected chi connectivity index (χ1v) is 6.13. The Balaban J connectivity index is 2.64. The summed E-state index contributed by atoms with van der Waals surface area (Å²) in [5.41, 5.74) is 0.754. The van der Waals surface area contributed by atoms with Gasteiger partial charge in [-0.3, -0.25) is 4.55 Å². The fourth-order valence-corrected chi connectivity index (χ4v) is 2.51. The van der Waals surface area contributed by atoms with E-state index >= 15 is 0 Å². The number of hydrogen-bond acceptors (Lipinski definition) is 5. The minimum atomic E-state index is -4.31. The third kappa shape index (κ3) is 1.48. The van der Waals surface area contributed by atoms with Gasteiger partial charge >= 0.3 is 0 Å². The zero-order valence-corrected chi connectivity index (χ0v) is 9.18. The first kappa shape index (κ1) is 10.2. The quantitative estimate of drug-likeness (QED) is 0.659. The number of fused-ring (bicyclic) bond motifs is 3. The number of benzene rings is 2. The molecule has 0 spiro atoms. The largest absolute Gasteiger partial charge is 0.295 e. The first-order valence-electron chi connectivity index (χ1n) is 4.69. The van der Waals surface area contributed by atoms with Gasteiger partial charge in [0.05, 0.1) is 0 Å². The highest BCUT2D eigenvalue weighted by atomic mass is 32.2. The molecule has 7 heteroatoms. The molecule has 6 nitrogen and oxygen atoms in total. The molecule has 0 bridgehead atoms. The molecule has 0 fully saturated rings. The Bertz CT molecular complexity index is 823. The summed E-state index contributed by atoms with van der Waals surface area (Å²) in [4.78, 5) is -0.198. The van der Waals surface area contributed by atoms with Gasteiger partial charge in [0.15, 0.2) is 0 Å². The summed E-state index contributed by atoms with van der Waals surface area (Å²) < 4.78 is 36.3. The molecule has 17 heavy (non-hydrogen) atoms. The van der Waals surface area contributed by atoms with Crippen LogP contribution in [-0.2, 0) is 10.1 Å². The van der Waals surface area contributed by atoms with Crippen molar-refractivity contribution in [1.29, 1.82) is 0 Å². The third-order valence-corrected chi connectivity index (χ3v) is 3.40. The van der Waals surface area contributed by atoms with Gasteiger partial charge in [0.2, 0.25) is 0 Å². The maximum absolute atomic E-state index is 11.3. The molecule has 2 aromatic carbocycles. The molecule has 0 atom stereocenters. The van der Waals surface area contributed by atoms with E-state index in [9.17, 15) is 13.0 Å². The molecule has 0 unspecified atom stereocenters. The summed E-state index contributed by atoms with van der Waals surface area (Å²) in [6.45, 7) is 0. The Kier molecular flexibility index (Phi) is 1.95. The van der Waals surface area contributed by atoms with Crippen molar-refractivity contribution in [3.63, 3.8) is 0 Å². The minimum Gasteiger partial charge on any atom is -0.282 e. The van der Waals surface area contributed by atoms with Crippen LogP contribution in [0.1, 0.15) is 0 Å². The van der Waals surface area contributed by atoms with E-state index in [0.717, 1.165) is 0 Å². The Hall–Kier alpha value is -1.99. The number of aromatic nitrogens is 2. The van der Waals surface area contributed by atoms with Crippen molar-refractivity contribution in [1.82, 2.24) is 10.3 Å². The van der Waals surface area contributed by atoms with Gasteiger partial charge in [-0.15, -0.1) is 0 Å². The predicted octanol–water partition coefficient (Wildman–Crippen LogP) is 1.62. The summed E-state index contributed by atoms with van der Waals surface area (Å²) in [6, 6.07) is 7.94. The second kappa shape index (κ2) is 3.25. The molecule has 1 heterocycles. The molecule has 0 saturated heterocycles. The molecule has 3 aromatic rings. The molecule has 0 saturated carbocycles. The van der Waals surface area contributed by atoms with Gasteiger partial charge in [-0.25, -0.2) is 4.63 Å². The van der Waals surface area contributed by atoms with Crippen LogP contribution in [0, 0.1) is 0 Å². The van der Waals surface area contributed by atoms with E-state index in [0.29, 0.717) is 16.3 Å². The Morgan fingerprint density at radius 3 is 2.53 bits per heavy atom. The van der Waals surface area contributed by atoms with Crippen LogP contribution in [0.3, 0.4) is 0 Å². The van der Waals surface area contributed by atoms with E-state index in [2.05, 4.69) is 14.9 Å². The van der Waals surface area contributed by atoms with Crippen molar-refractivity contribution < 1.29 is 17.6 Å². The van der Waals surface area contributed by atoms with Crippen molar-refractivity contribution in [3.05, 3.63) is 30.3 Å². The maximum Gasteiger partial charge on any atom is 0.295 e. The molecule has 0 aliphatic rings. The van der Waals surface area contributed by atoms with Crippen LogP contribution >= 0.6 is 0 Å². The van der Waals surface area contributed by atoms with Crippen LogP contribution in [0.2, 0.25) is 0 Å². The Labute approximate surface area is 95.6 Å². The highest BCUT2D eigenvalue weighted by Gasteiger charge is 2.18. The van der Waals surface area contributed by atoms with E-state index in [1.165, 1.54) is 6.07 Å². The monoisotopic (exact) mass is 250 g/mol. The normalized spacial score (nSPS) is 12.3. The zero-order chi connectivity index (χ0) is 12.0. The van der Waals surface area contributed by atoms with Gasteiger partial charge in [-0.2, -0.15) is 8.42 Å². The number of hydrogen-bond donors (Lipinski definition) is 1. The molecule has 0 radical (unpaired) electrons. The van der Waals surface area contributed by atoms with Gasteiger partial charge in [-0.1, -0.05) is 24.3 Å². The lowest BCUT2D eigenvalue weighted by molar-refractivity contribution is 0.315. The van der Waals surface area contributed by atoms with E-state index < -0.39 is 10.1 Å². The van der Waals surface area contributed by atoms with E-state index in [1.54, 1.807) is 24.3 Å². The molecular weight excluding hydrogens is 244 g/mol. The van der Waals surface area contributed by atoms with Gasteiger partial charge in [-0.05, 0) is 16.4 Å². The molecule has 0 amide bonds. The van der Waals surface area contributed by atoms with Gasteiger partial charge < -0.3 is 0 Å². The molecule has 0 aliphatic carbocycles. The first-order chi connectivity index (χ1) is 8.07. The van der Waals surface area contributed by atoms with Gasteiger partial charge in [0, 0.05) is 10.8 Å². The SMILES string of the molecule is O=S(=O)(O)c1cc2nonc2c2ccccc12. The van der Waals surface area contributed by atoms with Crippen LogP contribution in [0.4, 0.5) is 0 Å². The van der Waals surface area contributed by atoms with Crippen molar-refractivity contribution in [2.75, 3.05) is 0 Å². The summed E-state index contributed by atoms with van der Waals surface area (Å²) in [5, 5.41) is 8.24. The topological polar surface area (TPSA) is 93.3 Å². The zero-order valence-electron chi connectivity index (χ0n) is 8.36. The van der Waals surface area contributed by atoms with Crippen LogP contribution in [0.5, 0.6) is 0 Å². The van der Waals surface area contributed by atoms with Crippen molar-refractivity contribution in [2.24, 2.45) is 0 Å². The average molecular weight is 250 g/mol. The van der Waals surface area contributed by atoms with Crippen LogP contribution in [0.15, 0.2) is 39.9 Å².